The van der Waals surface area contributed by atoms with Gasteiger partial charge in [0.2, 0.25) is 0 Å². The predicted octanol–water partition coefficient (Wildman–Crippen LogP) is 7.74. The number of hydrogen-bond acceptors (Lipinski definition) is 0. The van der Waals surface area contributed by atoms with Crippen LogP contribution in [-0.2, 0) is 5.41 Å². The van der Waals surface area contributed by atoms with Gasteiger partial charge in [-0.05, 0) is 88.4 Å². The minimum Gasteiger partial charge on any atom is -0.0616 e. The maximum absolute atomic E-state index is 2.48. The quantitative estimate of drug-likeness (QED) is 0.329. The molecule has 0 heterocycles. The zero-order valence-electron chi connectivity index (χ0n) is 17.4. The minimum atomic E-state index is 0.148. The van der Waals surface area contributed by atoms with Crippen LogP contribution in [0.25, 0.3) is 21.5 Å². The molecule has 4 aromatic rings. The second-order valence-electron chi connectivity index (χ2n) is 10.2. The van der Waals surface area contributed by atoms with Crippen LogP contribution in [0.2, 0.25) is 0 Å². The largest absolute Gasteiger partial charge is 0.0616 e. The number of rotatable bonds is 2. The Kier molecular flexibility index (Phi) is 3.54. The first kappa shape index (κ1) is 17.1. The van der Waals surface area contributed by atoms with Crippen molar-refractivity contribution < 1.29 is 0 Å². The molecular formula is C30H28. The summed E-state index contributed by atoms with van der Waals surface area (Å²) in [6.45, 7) is 0. The fourth-order valence-electron chi connectivity index (χ4n) is 8.12. The highest BCUT2D eigenvalue weighted by Gasteiger charge is 2.59. The molecule has 0 radical (unpaired) electrons. The van der Waals surface area contributed by atoms with Crippen molar-refractivity contribution in [3.8, 4) is 0 Å². The molecule has 0 N–H and O–H groups in total. The average molecular weight is 389 g/mol. The SMILES string of the molecule is c1ccc2c(C3(c4cccc5ccccc45)C4CC5CC(C4)CC3C5)cccc2c1. The number of hydrogen-bond donors (Lipinski definition) is 0. The molecular weight excluding hydrogens is 360 g/mol. The molecule has 0 aliphatic heterocycles. The van der Waals surface area contributed by atoms with Gasteiger partial charge in [0.05, 0.1) is 0 Å². The summed E-state index contributed by atoms with van der Waals surface area (Å²) in [7, 11) is 0. The van der Waals surface area contributed by atoms with Crippen LogP contribution in [0, 0.1) is 23.7 Å². The molecule has 30 heavy (non-hydrogen) atoms. The Morgan fingerprint density at radius 1 is 0.467 bits per heavy atom. The molecule has 0 nitrogen and oxygen atoms in total. The Labute approximate surface area is 178 Å². The lowest BCUT2D eigenvalue weighted by Crippen LogP contribution is -2.56. The van der Waals surface area contributed by atoms with Gasteiger partial charge in [-0.3, -0.25) is 0 Å². The van der Waals surface area contributed by atoms with Crippen LogP contribution < -0.4 is 0 Å². The van der Waals surface area contributed by atoms with E-state index in [1.54, 1.807) is 11.1 Å². The molecule has 8 rings (SSSR count). The van der Waals surface area contributed by atoms with E-state index < -0.39 is 0 Å². The van der Waals surface area contributed by atoms with Crippen LogP contribution in [0.5, 0.6) is 0 Å². The second kappa shape index (κ2) is 6.20. The summed E-state index contributed by atoms with van der Waals surface area (Å²) in [4.78, 5) is 0. The summed E-state index contributed by atoms with van der Waals surface area (Å²) >= 11 is 0. The average Bonchev–Trinajstić information content (AvgIpc) is 2.79. The highest BCUT2D eigenvalue weighted by atomic mass is 14.6. The standard InChI is InChI=1S/C30H28/c1-3-11-26-22(7-1)9-5-13-28(26)30(24-16-20-15-21(18-24)19-25(30)17-20)29-14-6-10-23-8-2-4-12-27(23)29/h1-14,20-21,24-25H,15-19H2. The van der Waals surface area contributed by atoms with Gasteiger partial charge in [-0.15, -0.1) is 0 Å². The van der Waals surface area contributed by atoms with E-state index in [-0.39, 0.29) is 5.41 Å². The summed E-state index contributed by atoms with van der Waals surface area (Å²) < 4.78 is 0. The number of benzene rings is 4. The molecule has 0 atom stereocenters. The van der Waals surface area contributed by atoms with Crippen molar-refractivity contribution in [1.29, 1.82) is 0 Å². The smallest absolute Gasteiger partial charge is 0.0271 e. The zero-order chi connectivity index (χ0) is 19.7. The third kappa shape index (κ3) is 2.17. The topological polar surface area (TPSA) is 0 Å². The Morgan fingerprint density at radius 3 is 1.40 bits per heavy atom. The maximum atomic E-state index is 2.48. The normalized spacial score (nSPS) is 28.9. The Hall–Kier alpha value is -2.60. The molecule has 0 amide bonds. The molecule has 4 aliphatic rings. The third-order valence-electron chi connectivity index (χ3n) is 8.90. The Balaban J connectivity index is 1.61. The van der Waals surface area contributed by atoms with E-state index in [1.807, 2.05) is 0 Å². The first-order valence-corrected chi connectivity index (χ1v) is 11.8. The highest BCUT2D eigenvalue weighted by molar-refractivity contribution is 5.91. The van der Waals surface area contributed by atoms with E-state index in [9.17, 15) is 0 Å². The molecule has 4 saturated carbocycles. The van der Waals surface area contributed by atoms with E-state index in [0.29, 0.717) is 0 Å². The Bertz CT molecular complexity index is 1140. The minimum absolute atomic E-state index is 0.148. The van der Waals surface area contributed by atoms with Gasteiger partial charge < -0.3 is 0 Å². The lowest BCUT2D eigenvalue weighted by Gasteiger charge is -2.62. The van der Waals surface area contributed by atoms with Crippen molar-refractivity contribution in [1.82, 2.24) is 0 Å². The van der Waals surface area contributed by atoms with Crippen LogP contribution in [-0.4, -0.2) is 0 Å². The molecule has 0 heteroatoms. The zero-order valence-corrected chi connectivity index (χ0v) is 17.4. The van der Waals surface area contributed by atoms with Gasteiger partial charge in [0.15, 0.2) is 0 Å². The summed E-state index contributed by atoms with van der Waals surface area (Å²) in [5.41, 5.74) is 3.35. The van der Waals surface area contributed by atoms with Gasteiger partial charge in [-0.25, -0.2) is 0 Å². The van der Waals surface area contributed by atoms with Crippen LogP contribution in [0.3, 0.4) is 0 Å². The number of fused-ring (bicyclic) bond motifs is 2. The van der Waals surface area contributed by atoms with Gasteiger partial charge in [0.25, 0.3) is 0 Å². The van der Waals surface area contributed by atoms with Crippen LogP contribution >= 0.6 is 0 Å². The molecule has 0 aromatic heterocycles. The fraction of sp³-hybridized carbons (Fsp3) is 0.333. The van der Waals surface area contributed by atoms with Crippen LogP contribution in [0.15, 0.2) is 84.9 Å². The van der Waals surface area contributed by atoms with Crippen molar-refractivity contribution in [2.45, 2.75) is 37.5 Å². The van der Waals surface area contributed by atoms with Gasteiger partial charge in [-0.2, -0.15) is 0 Å². The molecule has 0 saturated heterocycles. The predicted molar refractivity (Wildman–Crippen MR) is 126 cm³/mol. The molecule has 4 aromatic carbocycles. The monoisotopic (exact) mass is 388 g/mol. The summed E-state index contributed by atoms with van der Waals surface area (Å²) in [5, 5.41) is 5.73. The van der Waals surface area contributed by atoms with Gasteiger partial charge in [0.1, 0.15) is 0 Å². The maximum Gasteiger partial charge on any atom is 0.0271 e. The van der Waals surface area contributed by atoms with Gasteiger partial charge in [0, 0.05) is 5.41 Å². The van der Waals surface area contributed by atoms with Gasteiger partial charge in [-0.1, -0.05) is 84.9 Å². The van der Waals surface area contributed by atoms with Crippen LogP contribution in [0.1, 0.15) is 43.2 Å². The fourth-order valence-corrected chi connectivity index (χ4v) is 8.12. The first-order valence-electron chi connectivity index (χ1n) is 11.8. The van der Waals surface area contributed by atoms with Crippen LogP contribution in [0.4, 0.5) is 0 Å². The van der Waals surface area contributed by atoms with E-state index >= 15 is 0 Å². The van der Waals surface area contributed by atoms with Crippen molar-refractivity contribution in [2.24, 2.45) is 23.7 Å². The summed E-state index contributed by atoms with van der Waals surface area (Å²) in [6, 6.07) is 32.4. The first-order chi connectivity index (χ1) is 14.8. The van der Waals surface area contributed by atoms with Crippen molar-refractivity contribution >= 4 is 21.5 Å². The lowest BCUT2D eigenvalue weighted by atomic mass is 9.41. The molecule has 148 valence electrons. The van der Waals surface area contributed by atoms with Crippen molar-refractivity contribution in [3.63, 3.8) is 0 Å². The van der Waals surface area contributed by atoms with E-state index in [4.69, 9.17) is 0 Å². The summed E-state index contributed by atoms with van der Waals surface area (Å²) in [5.74, 6) is 3.46. The lowest BCUT2D eigenvalue weighted by molar-refractivity contribution is -0.0406. The summed E-state index contributed by atoms with van der Waals surface area (Å²) in [6.07, 6.45) is 7.16. The van der Waals surface area contributed by atoms with Crippen molar-refractivity contribution in [2.75, 3.05) is 0 Å². The second-order valence-corrected chi connectivity index (χ2v) is 10.2. The van der Waals surface area contributed by atoms with Gasteiger partial charge >= 0.3 is 0 Å². The molecule has 0 unspecified atom stereocenters. The van der Waals surface area contributed by atoms with Crippen molar-refractivity contribution in [3.05, 3.63) is 96.1 Å². The third-order valence-corrected chi connectivity index (χ3v) is 8.90. The molecule has 4 aliphatic carbocycles. The highest BCUT2D eigenvalue weighted by Crippen LogP contribution is 2.66. The Morgan fingerprint density at radius 2 is 0.900 bits per heavy atom. The molecule has 4 fully saturated rings. The van der Waals surface area contributed by atoms with E-state index in [2.05, 4.69) is 84.9 Å². The molecule has 0 spiro atoms. The van der Waals surface area contributed by atoms with E-state index in [0.717, 1.165) is 23.7 Å². The molecule has 4 bridgehead atoms. The van der Waals surface area contributed by atoms with E-state index in [1.165, 1.54) is 53.6 Å².